The van der Waals surface area contributed by atoms with E-state index in [1.54, 1.807) is 0 Å². The maximum atomic E-state index is 5.92. The van der Waals surface area contributed by atoms with Gasteiger partial charge in [0, 0.05) is 23.5 Å². The van der Waals surface area contributed by atoms with Crippen LogP contribution >= 0.6 is 0 Å². The molecule has 6 N–H and O–H groups in total. The first-order valence-electron chi connectivity index (χ1n) is 5.15. The minimum atomic E-state index is 0.437. The van der Waals surface area contributed by atoms with Gasteiger partial charge in [-0.1, -0.05) is 24.3 Å². The summed E-state index contributed by atoms with van der Waals surface area (Å²) in [6.07, 6.45) is 0. The van der Waals surface area contributed by atoms with Crippen LogP contribution in [-0.4, -0.2) is 0 Å². The van der Waals surface area contributed by atoms with Crippen molar-refractivity contribution in [2.45, 2.75) is 6.54 Å². The fraction of sp³-hybridized carbons (Fsp3) is 0.0769. The van der Waals surface area contributed by atoms with E-state index in [4.69, 9.17) is 17.2 Å². The van der Waals surface area contributed by atoms with Crippen molar-refractivity contribution >= 4 is 11.4 Å². The van der Waals surface area contributed by atoms with Crippen LogP contribution < -0.4 is 17.2 Å². The number of nitrogens with two attached hydrogens (primary N) is 3. The monoisotopic (exact) mass is 213 g/mol. The van der Waals surface area contributed by atoms with Crippen LogP contribution in [0.3, 0.4) is 0 Å². The summed E-state index contributed by atoms with van der Waals surface area (Å²) in [5.74, 6) is 0. The fourth-order valence-electron chi connectivity index (χ4n) is 1.71. The molecule has 16 heavy (non-hydrogen) atoms. The van der Waals surface area contributed by atoms with Crippen molar-refractivity contribution < 1.29 is 0 Å². The molecule has 3 nitrogen and oxygen atoms in total. The van der Waals surface area contributed by atoms with Crippen molar-refractivity contribution in [1.29, 1.82) is 0 Å². The molecule has 0 radical (unpaired) electrons. The summed E-state index contributed by atoms with van der Waals surface area (Å²) in [6, 6.07) is 13.6. The van der Waals surface area contributed by atoms with Gasteiger partial charge >= 0.3 is 0 Å². The van der Waals surface area contributed by atoms with Crippen LogP contribution in [0.25, 0.3) is 11.1 Å². The van der Waals surface area contributed by atoms with E-state index < -0.39 is 0 Å². The molecule has 0 fully saturated rings. The Balaban J connectivity index is 2.53. The van der Waals surface area contributed by atoms with Crippen molar-refractivity contribution in [2.24, 2.45) is 5.73 Å². The largest absolute Gasteiger partial charge is 0.398 e. The maximum Gasteiger partial charge on any atom is 0.0393 e. The van der Waals surface area contributed by atoms with Crippen molar-refractivity contribution in [2.75, 3.05) is 11.5 Å². The number of rotatable bonds is 2. The summed E-state index contributed by atoms with van der Waals surface area (Å²) >= 11 is 0. The van der Waals surface area contributed by atoms with Gasteiger partial charge in [-0.15, -0.1) is 0 Å². The minimum absolute atomic E-state index is 0.437. The number of anilines is 2. The molecule has 82 valence electrons. The lowest BCUT2D eigenvalue weighted by Crippen LogP contribution is -2.01. The highest BCUT2D eigenvalue weighted by molar-refractivity contribution is 5.77. The molecule has 0 saturated carbocycles. The molecule has 0 bridgehead atoms. The third kappa shape index (κ3) is 1.85. The predicted molar refractivity (Wildman–Crippen MR) is 68.6 cm³/mol. The van der Waals surface area contributed by atoms with Crippen LogP contribution in [0.5, 0.6) is 0 Å². The quantitative estimate of drug-likeness (QED) is 0.667. The van der Waals surface area contributed by atoms with Gasteiger partial charge in [0.05, 0.1) is 0 Å². The van der Waals surface area contributed by atoms with E-state index in [0.29, 0.717) is 6.54 Å². The zero-order chi connectivity index (χ0) is 11.5. The molecule has 0 aliphatic rings. The maximum absolute atomic E-state index is 5.92. The SMILES string of the molecule is NCc1cc(-c2ccccc2N)ccc1N. The number of para-hydroxylation sites is 1. The molecule has 2 aromatic carbocycles. The molecular formula is C13H15N3. The molecule has 0 spiro atoms. The van der Waals surface area contributed by atoms with Crippen molar-refractivity contribution in [3.05, 3.63) is 48.0 Å². The molecule has 2 rings (SSSR count). The highest BCUT2D eigenvalue weighted by Crippen LogP contribution is 2.27. The molecule has 0 atom stereocenters. The fourth-order valence-corrected chi connectivity index (χ4v) is 1.71. The Morgan fingerprint density at radius 2 is 1.62 bits per heavy atom. The lowest BCUT2D eigenvalue weighted by Gasteiger charge is -2.09. The molecule has 0 unspecified atom stereocenters. The second kappa shape index (κ2) is 4.24. The number of hydrogen-bond donors (Lipinski definition) is 3. The average molecular weight is 213 g/mol. The minimum Gasteiger partial charge on any atom is -0.398 e. The molecule has 3 heteroatoms. The lowest BCUT2D eigenvalue weighted by molar-refractivity contribution is 1.08. The van der Waals surface area contributed by atoms with Crippen molar-refractivity contribution in [3.63, 3.8) is 0 Å². The van der Waals surface area contributed by atoms with E-state index >= 15 is 0 Å². The van der Waals surface area contributed by atoms with Crippen molar-refractivity contribution in [3.8, 4) is 11.1 Å². The zero-order valence-electron chi connectivity index (χ0n) is 8.98. The van der Waals surface area contributed by atoms with Gasteiger partial charge in [0.15, 0.2) is 0 Å². The Hall–Kier alpha value is -2.00. The van der Waals surface area contributed by atoms with Gasteiger partial charge in [0.1, 0.15) is 0 Å². The first kappa shape index (κ1) is 10.5. The second-order valence-corrected chi connectivity index (χ2v) is 3.70. The van der Waals surface area contributed by atoms with E-state index in [-0.39, 0.29) is 0 Å². The zero-order valence-corrected chi connectivity index (χ0v) is 8.98. The molecule has 0 aliphatic carbocycles. The van der Waals surface area contributed by atoms with Gasteiger partial charge in [-0.25, -0.2) is 0 Å². The molecular weight excluding hydrogens is 198 g/mol. The van der Waals surface area contributed by atoms with E-state index in [1.165, 1.54) is 0 Å². The van der Waals surface area contributed by atoms with E-state index in [9.17, 15) is 0 Å². The Morgan fingerprint density at radius 1 is 0.875 bits per heavy atom. The standard InChI is InChI=1S/C13H15N3/c14-8-10-7-9(5-6-12(10)15)11-3-1-2-4-13(11)16/h1-7H,8,14-16H2. The second-order valence-electron chi connectivity index (χ2n) is 3.70. The van der Waals surface area contributed by atoms with Crippen LogP contribution in [0, 0.1) is 0 Å². The van der Waals surface area contributed by atoms with Gasteiger partial charge in [-0.05, 0) is 29.3 Å². The Morgan fingerprint density at radius 3 is 2.31 bits per heavy atom. The molecule has 0 aromatic heterocycles. The highest BCUT2D eigenvalue weighted by atomic mass is 14.6. The molecule has 2 aromatic rings. The van der Waals surface area contributed by atoms with Crippen LogP contribution in [0.1, 0.15) is 5.56 Å². The average Bonchev–Trinajstić information content (AvgIpc) is 2.31. The molecule has 0 saturated heterocycles. The predicted octanol–water partition coefficient (Wildman–Crippen LogP) is 1.98. The van der Waals surface area contributed by atoms with E-state index in [0.717, 1.165) is 28.1 Å². The van der Waals surface area contributed by atoms with Gasteiger partial charge in [-0.3, -0.25) is 0 Å². The summed E-state index contributed by atoms with van der Waals surface area (Å²) in [5.41, 5.74) is 21.8. The normalized spacial score (nSPS) is 10.3. The third-order valence-corrected chi connectivity index (χ3v) is 2.63. The number of benzene rings is 2. The Kier molecular flexibility index (Phi) is 2.79. The highest BCUT2D eigenvalue weighted by Gasteiger charge is 2.04. The Labute approximate surface area is 94.9 Å². The van der Waals surface area contributed by atoms with Gasteiger partial charge in [0.2, 0.25) is 0 Å². The topological polar surface area (TPSA) is 78.1 Å². The summed E-state index contributed by atoms with van der Waals surface area (Å²) in [7, 11) is 0. The van der Waals surface area contributed by atoms with Gasteiger partial charge in [-0.2, -0.15) is 0 Å². The summed E-state index contributed by atoms with van der Waals surface area (Å²) in [5, 5.41) is 0. The molecule has 0 amide bonds. The Bertz CT molecular complexity index is 506. The van der Waals surface area contributed by atoms with Crippen molar-refractivity contribution in [1.82, 2.24) is 0 Å². The first-order valence-corrected chi connectivity index (χ1v) is 5.15. The van der Waals surface area contributed by atoms with E-state index in [2.05, 4.69) is 0 Å². The lowest BCUT2D eigenvalue weighted by atomic mass is 10.0. The van der Waals surface area contributed by atoms with Gasteiger partial charge < -0.3 is 17.2 Å². The van der Waals surface area contributed by atoms with Crippen LogP contribution in [0.2, 0.25) is 0 Å². The molecule has 0 aliphatic heterocycles. The summed E-state index contributed by atoms with van der Waals surface area (Å²) < 4.78 is 0. The summed E-state index contributed by atoms with van der Waals surface area (Å²) in [6.45, 7) is 0.437. The number of nitrogen functional groups attached to an aromatic ring is 2. The summed E-state index contributed by atoms with van der Waals surface area (Å²) in [4.78, 5) is 0. The van der Waals surface area contributed by atoms with Crippen LogP contribution in [0.4, 0.5) is 11.4 Å². The smallest absolute Gasteiger partial charge is 0.0393 e. The number of hydrogen-bond acceptors (Lipinski definition) is 3. The van der Waals surface area contributed by atoms with Gasteiger partial charge in [0.25, 0.3) is 0 Å². The third-order valence-electron chi connectivity index (χ3n) is 2.63. The molecule has 0 heterocycles. The van der Waals surface area contributed by atoms with E-state index in [1.807, 2.05) is 42.5 Å². The van der Waals surface area contributed by atoms with Crippen LogP contribution in [-0.2, 0) is 6.54 Å². The van der Waals surface area contributed by atoms with Crippen LogP contribution in [0.15, 0.2) is 42.5 Å². The first-order chi connectivity index (χ1) is 7.72.